The summed E-state index contributed by atoms with van der Waals surface area (Å²) in [6.45, 7) is 6.28. The van der Waals surface area contributed by atoms with Gasteiger partial charge in [-0.1, -0.05) is 6.07 Å². The van der Waals surface area contributed by atoms with Gasteiger partial charge in [0.25, 0.3) is 5.56 Å². The summed E-state index contributed by atoms with van der Waals surface area (Å²) in [5.41, 5.74) is 3.76. The third-order valence-electron chi connectivity index (χ3n) is 7.91. The molecule has 0 N–H and O–H groups in total. The SMILES string of the molecule is Cn1c2c(c3ccc(-n4ccc(-c5cnc(C(F)(F)F)nc5)cc4=O)cc31)C1CCC(C2)CN1C(=O)OC(C)(C)C. The Morgan fingerprint density at radius 2 is 1.76 bits per heavy atom. The van der Waals surface area contributed by atoms with Crippen LogP contribution in [0.15, 0.2) is 53.7 Å². The van der Waals surface area contributed by atoms with Crippen molar-refractivity contribution in [3.63, 3.8) is 0 Å². The summed E-state index contributed by atoms with van der Waals surface area (Å²) in [5, 5.41) is 1.04. The van der Waals surface area contributed by atoms with Gasteiger partial charge in [-0.05, 0) is 69.7 Å². The van der Waals surface area contributed by atoms with Crippen molar-refractivity contribution >= 4 is 17.0 Å². The van der Waals surface area contributed by atoms with Crippen LogP contribution in [0.4, 0.5) is 18.0 Å². The van der Waals surface area contributed by atoms with E-state index in [9.17, 15) is 22.8 Å². The lowest BCUT2D eigenvalue weighted by Crippen LogP contribution is -2.43. The third kappa shape index (κ3) is 4.87. The van der Waals surface area contributed by atoms with E-state index in [-0.39, 0.29) is 17.7 Å². The molecule has 11 heteroatoms. The molecule has 2 bridgehead atoms. The molecule has 0 radical (unpaired) electrons. The van der Waals surface area contributed by atoms with E-state index in [0.717, 1.165) is 48.1 Å². The van der Waals surface area contributed by atoms with Gasteiger partial charge in [-0.3, -0.25) is 9.36 Å². The quantitative estimate of drug-likeness (QED) is 0.296. The number of pyridine rings is 1. The monoisotopic (exact) mass is 565 g/mol. The van der Waals surface area contributed by atoms with Crippen molar-refractivity contribution in [2.24, 2.45) is 13.0 Å². The zero-order valence-corrected chi connectivity index (χ0v) is 23.2. The number of fused-ring (bicyclic) bond motifs is 3. The van der Waals surface area contributed by atoms with Gasteiger partial charge in [0.2, 0.25) is 5.82 Å². The van der Waals surface area contributed by atoms with Crippen LogP contribution in [0, 0.1) is 5.92 Å². The standard InChI is InChI=1S/C30H30F3N5O3/c1-29(2,3)41-28(40)38-16-17-5-8-22(38)26-21-7-6-20(13-23(21)36(4)24(26)11-17)37-10-9-18(12-25(37)39)19-14-34-27(35-15-19)30(31,32)33/h6-7,9-10,12-15,17,22H,5,8,11,16H2,1-4H3. The summed E-state index contributed by atoms with van der Waals surface area (Å²) >= 11 is 0. The van der Waals surface area contributed by atoms with Crippen molar-refractivity contribution in [2.45, 2.75) is 57.9 Å². The zero-order chi connectivity index (χ0) is 29.3. The van der Waals surface area contributed by atoms with E-state index in [2.05, 4.69) is 14.5 Å². The fourth-order valence-corrected chi connectivity index (χ4v) is 6.08. The predicted octanol–water partition coefficient (Wildman–Crippen LogP) is 6.05. The zero-order valence-electron chi connectivity index (χ0n) is 23.2. The Bertz CT molecular complexity index is 1720. The van der Waals surface area contributed by atoms with Crippen LogP contribution in [-0.4, -0.2) is 42.2 Å². The van der Waals surface area contributed by atoms with Gasteiger partial charge in [0.1, 0.15) is 5.60 Å². The number of halogens is 3. The molecule has 2 unspecified atom stereocenters. The van der Waals surface area contributed by atoms with Crippen molar-refractivity contribution in [2.75, 3.05) is 6.54 Å². The van der Waals surface area contributed by atoms with E-state index >= 15 is 0 Å². The first-order chi connectivity index (χ1) is 19.3. The van der Waals surface area contributed by atoms with Gasteiger partial charge >= 0.3 is 12.3 Å². The Kier molecular flexibility index (Phi) is 6.24. The van der Waals surface area contributed by atoms with E-state index in [4.69, 9.17) is 4.74 Å². The molecule has 1 aromatic carbocycles. The van der Waals surface area contributed by atoms with E-state index in [1.807, 2.05) is 50.9 Å². The summed E-state index contributed by atoms with van der Waals surface area (Å²) in [6, 6.07) is 8.75. The summed E-state index contributed by atoms with van der Waals surface area (Å²) in [6.07, 6.45) is 1.56. The Hall–Kier alpha value is -4.15. The van der Waals surface area contributed by atoms with Crippen molar-refractivity contribution in [3.05, 3.63) is 76.4 Å². The van der Waals surface area contributed by atoms with Crippen molar-refractivity contribution in [3.8, 4) is 16.8 Å². The number of piperidine rings is 1. The number of nitrogens with zero attached hydrogens (tertiary/aromatic N) is 5. The number of aryl methyl sites for hydroxylation is 1. The number of ether oxygens (including phenoxy) is 1. The van der Waals surface area contributed by atoms with Gasteiger partial charge in [0.05, 0.1) is 17.2 Å². The molecule has 2 aliphatic heterocycles. The summed E-state index contributed by atoms with van der Waals surface area (Å²) in [4.78, 5) is 35.0. The molecule has 1 aliphatic carbocycles. The van der Waals surface area contributed by atoms with Gasteiger partial charge in [-0.25, -0.2) is 14.8 Å². The molecule has 2 atom stereocenters. The Morgan fingerprint density at radius 1 is 1.02 bits per heavy atom. The number of carbonyl (C=O) groups is 1. The number of amides is 1. The lowest BCUT2D eigenvalue weighted by Gasteiger charge is -2.38. The molecule has 5 heterocycles. The maximum Gasteiger partial charge on any atom is 0.451 e. The van der Waals surface area contributed by atoms with Crippen LogP contribution in [0.5, 0.6) is 0 Å². The number of aromatic nitrogens is 4. The van der Waals surface area contributed by atoms with Gasteiger partial charge in [0, 0.05) is 60.5 Å². The highest BCUT2D eigenvalue weighted by Crippen LogP contribution is 2.45. The van der Waals surface area contributed by atoms with Crippen LogP contribution < -0.4 is 5.56 Å². The first-order valence-electron chi connectivity index (χ1n) is 13.5. The number of hydrogen-bond acceptors (Lipinski definition) is 5. The second-order valence-electron chi connectivity index (χ2n) is 11.8. The number of rotatable bonds is 2. The van der Waals surface area contributed by atoms with Crippen LogP contribution in [0.3, 0.4) is 0 Å². The smallest absolute Gasteiger partial charge is 0.444 e. The van der Waals surface area contributed by atoms with Crippen LogP contribution in [-0.2, 0) is 24.4 Å². The summed E-state index contributed by atoms with van der Waals surface area (Å²) in [5.74, 6) is -0.891. The molecule has 1 fully saturated rings. The largest absolute Gasteiger partial charge is 0.451 e. The Morgan fingerprint density at radius 3 is 2.41 bits per heavy atom. The van der Waals surface area contributed by atoms with Gasteiger partial charge < -0.3 is 14.2 Å². The number of alkyl halides is 3. The molecule has 3 aromatic heterocycles. The predicted molar refractivity (Wildman–Crippen MR) is 147 cm³/mol. The molecule has 41 heavy (non-hydrogen) atoms. The summed E-state index contributed by atoms with van der Waals surface area (Å²) < 4.78 is 47.9. The molecule has 3 aliphatic rings. The first kappa shape index (κ1) is 27.0. The fourth-order valence-electron chi connectivity index (χ4n) is 6.08. The van der Waals surface area contributed by atoms with Crippen molar-refractivity contribution < 1.29 is 22.7 Å². The molecule has 214 valence electrons. The average molecular weight is 566 g/mol. The van der Waals surface area contributed by atoms with Gasteiger partial charge in [-0.15, -0.1) is 0 Å². The maximum atomic E-state index is 13.2. The molecule has 7 rings (SSSR count). The fraction of sp³-hybridized carbons (Fsp3) is 0.400. The second kappa shape index (κ2) is 9.46. The minimum Gasteiger partial charge on any atom is -0.444 e. The molecule has 4 aromatic rings. The average Bonchev–Trinajstić information content (AvgIpc) is 3.03. The Labute approximate surface area is 234 Å². The lowest BCUT2D eigenvalue weighted by atomic mass is 9.93. The highest BCUT2D eigenvalue weighted by atomic mass is 19.4. The highest BCUT2D eigenvalue weighted by molar-refractivity contribution is 5.88. The van der Waals surface area contributed by atoms with Crippen molar-refractivity contribution in [1.29, 1.82) is 0 Å². The van der Waals surface area contributed by atoms with Gasteiger partial charge in [0.15, 0.2) is 0 Å². The summed E-state index contributed by atoms with van der Waals surface area (Å²) in [7, 11) is 2.02. The first-order valence-corrected chi connectivity index (χ1v) is 13.5. The maximum absolute atomic E-state index is 13.2. The molecular formula is C30H30F3N5O3. The van der Waals surface area contributed by atoms with Crippen LogP contribution in [0.1, 0.15) is 56.7 Å². The van der Waals surface area contributed by atoms with E-state index < -0.39 is 17.6 Å². The number of benzene rings is 1. The van der Waals surface area contributed by atoms with Crippen LogP contribution in [0.2, 0.25) is 0 Å². The molecule has 1 saturated heterocycles. The van der Waals surface area contributed by atoms with E-state index in [1.165, 1.54) is 16.3 Å². The van der Waals surface area contributed by atoms with Crippen molar-refractivity contribution in [1.82, 2.24) is 24.0 Å². The second-order valence-corrected chi connectivity index (χ2v) is 11.8. The normalized spacial score (nSPS) is 18.9. The third-order valence-corrected chi connectivity index (χ3v) is 7.91. The molecule has 1 amide bonds. The minimum atomic E-state index is -4.64. The van der Waals surface area contributed by atoms with Crippen LogP contribution >= 0.6 is 0 Å². The number of carbonyl (C=O) groups excluding carboxylic acids is 1. The molecular weight excluding hydrogens is 535 g/mol. The molecule has 8 nitrogen and oxygen atoms in total. The minimum absolute atomic E-state index is 0.0823. The molecule has 0 spiro atoms. The van der Waals surface area contributed by atoms with E-state index in [1.54, 1.807) is 12.3 Å². The van der Waals surface area contributed by atoms with Gasteiger partial charge in [-0.2, -0.15) is 13.2 Å². The molecule has 0 saturated carbocycles. The lowest BCUT2D eigenvalue weighted by molar-refractivity contribution is -0.145. The van der Waals surface area contributed by atoms with Crippen LogP contribution in [0.25, 0.3) is 27.7 Å². The number of hydrogen-bond donors (Lipinski definition) is 0. The van der Waals surface area contributed by atoms with E-state index in [0.29, 0.717) is 29.3 Å². The highest BCUT2D eigenvalue weighted by Gasteiger charge is 2.41. The Balaban J connectivity index is 1.35. The topological polar surface area (TPSA) is 82.3 Å².